The van der Waals surface area contributed by atoms with Crippen molar-refractivity contribution in [3.05, 3.63) is 71.3 Å². The van der Waals surface area contributed by atoms with Gasteiger partial charge >= 0.3 is 195 Å². The van der Waals surface area contributed by atoms with Gasteiger partial charge in [-0.15, -0.1) is 0 Å². The number of rotatable bonds is 6. The van der Waals surface area contributed by atoms with Gasteiger partial charge < -0.3 is 0 Å². The summed E-state index contributed by atoms with van der Waals surface area (Å²) in [5.74, 6) is -1.02. The van der Waals surface area contributed by atoms with Gasteiger partial charge in [-0.1, -0.05) is 0 Å². The molecule has 3 aromatic carbocycles. The van der Waals surface area contributed by atoms with E-state index >= 15 is 0 Å². The van der Waals surface area contributed by atoms with Crippen molar-refractivity contribution < 1.29 is 19.1 Å². The SMILES string of the molecule is CCCCCc1c(C(=O)OC)c(C(=O)OC)cc2c1-c1ccccc1[Se]c1ccccc1-2. The van der Waals surface area contributed by atoms with Gasteiger partial charge in [0.05, 0.1) is 0 Å². The molecule has 32 heavy (non-hydrogen) atoms. The molecule has 0 unspecified atom stereocenters. The molecule has 4 nitrogen and oxygen atoms in total. The zero-order valence-electron chi connectivity index (χ0n) is 18.6. The predicted octanol–water partition coefficient (Wildman–Crippen LogP) is 4.29. The number of carbonyl (C=O) groups is 2. The molecular weight excluding hydrogens is 467 g/mol. The summed E-state index contributed by atoms with van der Waals surface area (Å²) in [6, 6.07) is 18.6. The van der Waals surface area contributed by atoms with Crippen molar-refractivity contribution in [2.24, 2.45) is 0 Å². The summed E-state index contributed by atoms with van der Waals surface area (Å²) in [5.41, 5.74) is 5.73. The summed E-state index contributed by atoms with van der Waals surface area (Å²) < 4.78 is 12.8. The van der Waals surface area contributed by atoms with Crippen LogP contribution in [0, 0.1) is 0 Å². The summed E-state index contributed by atoms with van der Waals surface area (Å²) in [4.78, 5) is 25.9. The molecule has 1 heterocycles. The van der Waals surface area contributed by atoms with Gasteiger partial charge in [-0.25, -0.2) is 0 Å². The average molecular weight is 493 g/mol. The third kappa shape index (κ3) is 3.99. The molecule has 3 aromatic rings. The molecule has 0 atom stereocenters. The first kappa shape index (κ1) is 22.3. The van der Waals surface area contributed by atoms with Gasteiger partial charge in [-0.05, 0) is 0 Å². The second-order valence-corrected chi connectivity index (χ2v) is 10.0. The van der Waals surface area contributed by atoms with Gasteiger partial charge in [0.1, 0.15) is 0 Å². The quantitative estimate of drug-likeness (QED) is 0.229. The number of unbranched alkanes of at least 4 members (excludes halogenated alkanes) is 2. The van der Waals surface area contributed by atoms with Crippen LogP contribution >= 0.6 is 0 Å². The monoisotopic (exact) mass is 494 g/mol. The van der Waals surface area contributed by atoms with E-state index in [1.165, 1.54) is 23.1 Å². The number of hydrogen-bond acceptors (Lipinski definition) is 4. The van der Waals surface area contributed by atoms with E-state index in [9.17, 15) is 9.59 Å². The van der Waals surface area contributed by atoms with Crippen molar-refractivity contribution in [3.63, 3.8) is 0 Å². The molecule has 164 valence electrons. The first-order valence-electron chi connectivity index (χ1n) is 10.8. The predicted molar refractivity (Wildman–Crippen MR) is 128 cm³/mol. The Morgan fingerprint density at radius 1 is 0.812 bits per heavy atom. The van der Waals surface area contributed by atoms with E-state index in [2.05, 4.69) is 43.3 Å². The summed E-state index contributed by atoms with van der Waals surface area (Å²) in [7, 11) is 2.70. The van der Waals surface area contributed by atoms with Gasteiger partial charge in [0.25, 0.3) is 0 Å². The maximum atomic E-state index is 13.0. The topological polar surface area (TPSA) is 52.6 Å². The molecule has 5 heteroatoms. The van der Waals surface area contributed by atoms with E-state index < -0.39 is 11.9 Å². The molecule has 0 aliphatic carbocycles. The number of benzene rings is 3. The number of methoxy groups -OCH3 is 2. The molecule has 0 bridgehead atoms. The van der Waals surface area contributed by atoms with Gasteiger partial charge in [-0.3, -0.25) is 0 Å². The fourth-order valence-electron chi connectivity index (χ4n) is 4.33. The fraction of sp³-hybridized carbons (Fsp3) is 0.259. The molecule has 1 aliphatic heterocycles. The van der Waals surface area contributed by atoms with E-state index in [-0.39, 0.29) is 20.5 Å². The molecule has 0 N–H and O–H groups in total. The van der Waals surface area contributed by atoms with Gasteiger partial charge in [0, 0.05) is 0 Å². The molecule has 0 amide bonds. The third-order valence-corrected chi connectivity index (χ3v) is 8.23. The molecule has 0 spiro atoms. The van der Waals surface area contributed by atoms with Crippen molar-refractivity contribution in [2.75, 3.05) is 14.2 Å². The van der Waals surface area contributed by atoms with Crippen LogP contribution in [0.2, 0.25) is 0 Å². The van der Waals surface area contributed by atoms with Crippen LogP contribution in [0.1, 0.15) is 52.5 Å². The Morgan fingerprint density at radius 3 is 2.09 bits per heavy atom. The van der Waals surface area contributed by atoms with Gasteiger partial charge in [-0.2, -0.15) is 0 Å². The van der Waals surface area contributed by atoms with Crippen LogP contribution < -0.4 is 8.92 Å². The second-order valence-electron chi connectivity index (χ2n) is 7.73. The van der Waals surface area contributed by atoms with Gasteiger partial charge in [0.15, 0.2) is 0 Å². The minimum absolute atomic E-state index is 0.101. The van der Waals surface area contributed by atoms with E-state index in [0.29, 0.717) is 12.0 Å². The first-order chi connectivity index (χ1) is 15.6. The van der Waals surface area contributed by atoms with Crippen molar-refractivity contribution in [2.45, 2.75) is 32.6 Å². The van der Waals surface area contributed by atoms with Crippen molar-refractivity contribution >= 4 is 35.8 Å². The van der Waals surface area contributed by atoms with Crippen LogP contribution in [-0.2, 0) is 15.9 Å². The number of esters is 2. The number of hydrogen-bond donors (Lipinski definition) is 0. The summed E-state index contributed by atoms with van der Waals surface area (Å²) in [6.45, 7) is 2.15. The Labute approximate surface area is 195 Å². The van der Waals surface area contributed by atoms with E-state index in [1.54, 1.807) is 0 Å². The fourth-order valence-corrected chi connectivity index (χ4v) is 6.63. The molecule has 0 saturated heterocycles. The minimum atomic E-state index is -0.523. The Balaban J connectivity index is 2.15. The van der Waals surface area contributed by atoms with Gasteiger partial charge in [0.2, 0.25) is 0 Å². The van der Waals surface area contributed by atoms with Crippen molar-refractivity contribution in [3.8, 4) is 22.3 Å². The van der Waals surface area contributed by atoms with Crippen LogP contribution in [0.25, 0.3) is 22.3 Å². The molecule has 0 saturated carbocycles. The van der Waals surface area contributed by atoms with E-state index in [0.717, 1.165) is 47.1 Å². The average Bonchev–Trinajstić information content (AvgIpc) is 2.97. The second kappa shape index (κ2) is 9.72. The van der Waals surface area contributed by atoms with Crippen LogP contribution in [0.15, 0.2) is 54.6 Å². The van der Waals surface area contributed by atoms with Crippen LogP contribution in [0.3, 0.4) is 0 Å². The summed E-state index contributed by atoms with van der Waals surface area (Å²) >= 11 is 0.101. The number of carbonyl (C=O) groups excluding carboxylic acids is 2. The Morgan fingerprint density at radius 2 is 1.44 bits per heavy atom. The summed E-state index contributed by atoms with van der Waals surface area (Å²) in [5, 5.41) is 0. The van der Waals surface area contributed by atoms with Crippen molar-refractivity contribution in [1.82, 2.24) is 0 Å². The number of fused-ring (bicyclic) bond motifs is 5. The van der Waals surface area contributed by atoms with Crippen LogP contribution in [0.5, 0.6) is 0 Å². The third-order valence-electron chi connectivity index (χ3n) is 5.81. The molecule has 0 aromatic heterocycles. The summed E-state index contributed by atoms with van der Waals surface area (Å²) in [6.07, 6.45) is 3.72. The Kier molecular flexibility index (Phi) is 6.78. The molecule has 0 fully saturated rings. The Hall–Kier alpha value is -2.88. The molecule has 4 rings (SSSR count). The van der Waals surface area contributed by atoms with E-state index in [1.807, 2.05) is 18.2 Å². The van der Waals surface area contributed by atoms with Crippen molar-refractivity contribution in [1.29, 1.82) is 0 Å². The molecule has 1 aliphatic rings. The Bertz CT molecular complexity index is 1180. The van der Waals surface area contributed by atoms with E-state index in [4.69, 9.17) is 9.47 Å². The first-order valence-corrected chi connectivity index (χ1v) is 12.5. The normalized spacial score (nSPS) is 11.6. The standard InChI is InChI=1S/C27H26O4Se/c1-4-5-6-13-19-24-18-12-8-10-15-23(18)32-22-14-9-7-11-17(22)20(24)16-21(26(28)30-2)25(19)27(29)31-3/h7-12,14-16H,4-6,13H2,1-3H3. The van der Waals surface area contributed by atoms with Crippen LogP contribution in [0.4, 0.5) is 0 Å². The van der Waals surface area contributed by atoms with Crippen LogP contribution in [-0.4, -0.2) is 41.1 Å². The number of ether oxygens (including phenoxy) is 2. The molecule has 0 radical (unpaired) electrons. The molecular formula is C27H26O4Se. The zero-order valence-corrected chi connectivity index (χ0v) is 20.3. The maximum absolute atomic E-state index is 13.0. The zero-order chi connectivity index (χ0) is 22.7.